The first-order valence-electron chi connectivity index (χ1n) is 12.2. The minimum Gasteiger partial charge on any atom is -0.392 e. The number of aromatic nitrogens is 3. The Morgan fingerprint density at radius 1 is 0.853 bits per heavy atom. The summed E-state index contributed by atoms with van der Waals surface area (Å²) in [6, 6.07) is 21.6. The normalized spacial score (nSPS) is 13.1. The third kappa shape index (κ3) is 4.19. The maximum Gasteiger partial charge on any atom is 0.0976 e. The van der Waals surface area contributed by atoms with Crippen LogP contribution in [0, 0.1) is 20.8 Å². The molecule has 4 rings (SSSR count). The molecule has 4 nitrogen and oxygen atoms in total. The van der Waals surface area contributed by atoms with Crippen molar-refractivity contribution in [2.45, 2.75) is 66.0 Å². The van der Waals surface area contributed by atoms with Crippen molar-refractivity contribution in [3.63, 3.8) is 0 Å². The zero-order valence-electron chi connectivity index (χ0n) is 21.0. The van der Waals surface area contributed by atoms with Crippen molar-refractivity contribution in [2.75, 3.05) is 0 Å². The van der Waals surface area contributed by atoms with Gasteiger partial charge in [-0.15, -0.1) is 5.10 Å². The minimum absolute atomic E-state index is 0.000709. The highest BCUT2D eigenvalue weighted by atomic mass is 16.3. The summed E-state index contributed by atoms with van der Waals surface area (Å²) in [7, 11) is 0. The fraction of sp³-hybridized carbons (Fsp3) is 0.333. The topological polar surface area (TPSA) is 50.9 Å². The van der Waals surface area contributed by atoms with E-state index in [-0.39, 0.29) is 6.61 Å². The maximum absolute atomic E-state index is 10.2. The molecule has 0 fully saturated rings. The predicted molar refractivity (Wildman–Crippen MR) is 139 cm³/mol. The molecular formula is C30H35N3O. The van der Waals surface area contributed by atoms with Gasteiger partial charge in [-0.05, 0) is 67.0 Å². The monoisotopic (exact) mass is 453 g/mol. The van der Waals surface area contributed by atoms with Crippen LogP contribution in [0.2, 0.25) is 0 Å². The van der Waals surface area contributed by atoms with Crippen LogP contribution in [-0.2, 0) is 18.6 Å². The van der Waals surface area contributed by atoms with E-state index in [1.807, 2.05) is 4.68 Å². The number of hydrogen-bond acceptors (Lipinski definition) is 3. The number of rotatable bonds is 8. The molecule has 0 aliphatic rings. The molecule has 176 valence electrons. The van der Waals surface area contributed by atoms with Crippen molar-refractivity contribution < 1.29 is 5.11 Å². The Bertz CT molecular complexity index is 1290. The van der Waals surface area contributed by atoms with Crippen LogP contribution in [0.3, 0.4) is 0 Å². The van der Waals surface area contributed by atoms with Gasteiger partial charge in [-0.3, -0.25) is 4.68 Å². The van der Waals surface area contributed by atoms with Crippen LogP contribution in [0.15, 0.2) is 66.9 Å². The van der Waals surface area contributed by atoms with E-state index >= 15 is 0 Å². The summed E-state index contributed by atoms with van der Waals surface area (Å²) < 4.78 is 1.96. The number of aliphatic hydroxyl groups is 1. The van der Waals surface area contributed by atoms with Gasteiger partial charge in [0.1, 0.15) is 0 Å². The Balaban J connectivity index is 2.07. The summed E-state index contributed by atoms with van der Waals surface area (Å²) >= 11 is 0. The van der Waals surface area contributed by atoms with E-state index in [1.165, 1.54) is 22.3 Å². The summed E-state index contributed by atoms with van der Waals surface area (Å²) in [6.45, 7) is 11.6. The van der Waals surface area contributed by atoms with Crippen LogP contribution in [0.4, 0.5) is 0 Å². The average Bonchev–Trinajstić information content (AvgIpc) is 3.30. The summed E-state index contributed by atoms with van der Waals surface area (Å²) in [5, 5.41) is 19.4. The molecule has 1 N–H and O–H groups in total. The fourth-order valence-corrected chi connectivity index (χ4v) is 5.31. The lowest BCUT2D eigenvalue weighted by atomic mass is 9.66. The quantitative estimate of drug-likeness (QED) is 0.330. The second-order valence-electron chi connectivity index (χ2n) is 9.31. The second-order valence-corrected chi connectivity index (χ2v) is 9.31. The number of benzene rings is 3. The van der Waals surface area contributed by atoms with Gasteiger partial charge in [0.2, 0.25) is 0 Å². The largest absolute Gasteiger partial charge is 0.392 e. The van der Waals surface area contributed by atoms with Crippen molar-refractivity contribution in [3.8, 4) is 11.1 Å². The van der Waals surface area contributed by atoms with Crippen LogP contribution in [-0.4, -0.2) is 20.1 Å². The molecule has 4 aromatic rings. The second kappa shape index (κ2) is 9.94. The van der Waals surface area contributed by atoms with Gasteiger partial charge in [0, 0.05) is 12.7 Å². The van der Waals surface area contributed by atoms with Gasteiger partial charge < -0.3 is 5.11 Å². The number of aryl methyl sites for hydroxylation is 4. The minimum atomic E-state index is -0.474. The third-order valence-corrected chi connectivity index (χ3v) is 6.91. The molecule has 0 aliphatic carbocycles. The van der Waals surface area contributed by atoms with Gasteiger partial charge in [0.25, 0.3) is 0 Å². The first kappa shape index (κ1) is 23.9. The maximum atomic E-state index is 10.2. The van der Waals surface area contributed by atoms with E-state index in [9.17, 15) is 5.11 Å². The highest BCUT2D eigenvalue weighted by molar-refractivity contribution is 5.75. The standard InChI is InChI=1S/C30H35N3O/c1-6-16-33-19-29(31-32-33)30(7-2,27-15-13-21(3)17-23(27)5)28-11-9-8-10-26(28)25-14-12-22(4)18-24(25)20-34/h8-15,17-19,34H,6-7,16,20H2,1-5H3. The van der Waals surface area contributed by atoms with Crippen LogP contribution in [0.1, 0.15) is 65.8 Å². The van der Waals surface area contributed by atoms with E-state index in [0.29, 0.717) is 0 Å². The summed E-state index contributed by atoms with van der Waals surface area (Å²) in [4.78, 5) is 0. The highest BCUT2D eigenvalue weighted by Crippen LogP contribution is 2.46. The van der Waals surface area contributed by atoms with E-state index in [0.717, 1.165) is 47.3 Å². The predicted octanol–water partition coefficient (Wildman–Crippen LogP) is 6.52. The molecule has 1 unspecified atom stereocenters. The molecule has 34 heavy (non-hydrogen) atoms. The van der Waals surface area contributed by atoms with E-state index < -0.39 is 5.41 Å². The van der Waals surface area contributed by atoms with Crippen LogP contribution in [0.25, 0.3) is 11.1 Å². The van der Waals surface area contributed by atoms with Crippen molar-refractivity contribution in [1.82, 2.24) is 15.0 Å². The highest BCUT2D eigenvalue weighted by Gasteiger charge is 2.40. The van der Waals surface area contributed by atoms with Gasteiger partial charge in [0.05, 0.1) is 17.7 Å². The Labute approximate surface area is 203 Å². The molecular weight excluding hydrogens is 418 g/mol. The molecule has 1 aromatic heterocycles. The molecule has 0 aliphatic heterocycles. The van der Waals surface area contributed by atoms with Gasteiger partial charge in [-0.25, -0.2) is 0 Å². The summed E-state index contributed by atoms with van der Waals surface area (Å²) in [5.74, 6) is 0. The summed E-state index contributed by atoms with van der Waals surface area (Å²) in [6.07, 6.45) is 3.95. The van der Waals surface area contributed by atoms with Crippen molar-refractivity contribution in [2.24, 2.45) is 0 Å². The molecule has 1 atom stereocenters. The number of nitrogens with zero attached hydrogens (tertiary/aromatic N) is 3. The molecule has 4 heteroatoms. The third-order valence-electron chi connectivity index (χ3n) is 6.91. The molecule has 0 spiro atoms. The summed E-state index contributed by atoms with van der Waals surface area (Å²) in [5.41, 5.74) is 9.67. The molecule has 0 saturated heterocycles. The Morgan fingerprint density at radius 3 is 2.29 bits per heavy atom. The van der Waals surface area contributed by atoms with Crippen LogP contribution >= 0.6 is 0 Å². The number of hydrogen-bond donors (Lipinski definition) is 1. The number of aliphatic hydroxyl groups excluding tert-OH is 1. The Kier molecular flexibility index (Phi) is 6.99. The average molecular weight is 454 g/mol. The lowest BCUT2D eigenvalue weighted by molar-refractivity contribution is 0.282. The Morgan fingerprint density at radius 2 is 1.59 bits per heavy atom. The smallest absolute Gasteiger partial charge is 0.0976 e. The zero-order valence-corrected chi connectivity index (χ0v) is 21.0. The van der Waals surface area contributed by atoms with Crippen molar-refractivity contribution >= 4 is 0 Å². The van der Waals surface area contributed by atoms with E-state index in [4.69, 9.17) is 5.10 Å². The van der Waals surface area contributed by atoms with Crippen LogP contribution < -0.4 is 0 Å². The Hall–Kier alpha value is -3.24. The van der Waals surface area contributed by atoms with Gasteiger partial charge in [-0.1, -0.05) is 90.9 Å². The molecule has 3 aromatic carbocycles. The molecule has 0 amide bonds. The molecule has 0 bridgehead atoms. The lowest BCUT2D eigenvalue weighted by Gasteiger charge is -2.35. The van der Waals surface area contributed by atoms with Gasteiger partial charge in [-0.2, -0.15) is 0 Å². The molecule has 0 saturated carbocycles. The van der Waals surface area contributed by atoms with Crippen molar-refractivity contribution in [3.05, 3.63) is 106 Å². The lowest BCUT2D eigenvalue weighted by Crippen LogP contribution is -2.31. The van der Waals surface area contributed by atoms with Crippen LogP contribution in [0.5, 0.6) is 0 Å². The zero-order chi connectivity index (χ0) is 24.3. The first-order valence-corrected chi connectivity index (χ1v) is 12.2. The van der Waals surface area contributed by atoms with E-state index in [2.05, 4.69) is 107 Å². The van der Waals surface area contributed by atoms with E-state index in [1.54, 1.807) is 0 Å². The molecule has 0 radical (unpaired) electrons. The van der Waals surface area contributed by atoms with Gasteiger partial charge >= 0.3 is 0 Å². The molecule has 1 heterocycles. The SMILES string of the molecule is CCCn1cc(C(CC)(c2ccc(C)cc2C)c2ccccc2-c2ccc(C)cc2CO)nn1. The first-order chi connectivity index (χ1) is 16.4. The fourth-order valence-electron chi connectivity index (χ4n) is 5.31. The van der Waals surface area contributed by atoms with Crippen molar-refractivity contribution in [1.29, 1.82) is 0 Å². The van der Waals surface area contributed by atoms with Gasteiger partial charge in [0.15, 0.2) is 0 Å².